The number of carbonyl (C=O) groups is 1. The van der Waals surface area contributed by atoms with Crippen molar-refractivity contribution in [3.63, 3.8) is 0 Å². The van der Waals surface area contributed by atoms with Crippen molar-refractivity contribution in [3.05, 3.63) is 43.8 Å². The Morgan fingerprint density at radius 2 is 2.04 bits per heavy atom. The van der Waals surface area contributed by atoms with Gasteiger partial charge in [-0.15, -0.1) is 11.3 Å². The predicted molar refractivity (Wildman–Crippen MR) is 116 cm³/mol. The molecule has 2 aromatic rings. The highest BCUT2D eigenvalue weighted by molar-refractivity contribution is 7.07. The highest BCUT2D eigenvalue weighted by atomic mass is 32.1. The third-order valence-electron chi connectivity index (χ3n) is 4.04. The molecule has 6 nitrogen and oxygen atoms in total. The number of thiazole rings is 1. The number of rotatable bonds is 5. The third-order valence-corrected chi connectivity index (χ3v) is 5.12. The Morgan fingerprint density at radius 1 is 1.36 bits per heavy atom. The molecule has 0 aliphatic heterocycles. The smallest absolute Gasteiger partial charge is 0.268 e. The number of carbonyl (C=O) groups excluding carboxylic acids is 1. The molecule has 1 aromatic carbocycles. The zero-order chi connectivity index (χ0) is 20.9. The van der Waals surface area contributed by atoms with Gasteiger partial charge in [-0.3, -0.25) is 14.2 Å². The van der Waals surface area contributed by atoms with Crippen LogP contribution in [0.5, 0.6) is 0 Å². The van der Waals surface area contributed by atoms with E-state index in [0.29, 0.717) is 21.4 Å². The lowest BCUT2D eigenvalue weighted by Gasteiger charge is -2.18. The molecule has 2 rings (SSSR count). The Kier molecular flexibility index (Phi) is 6.81. The summed E-state index contributed by atoms with van der Waals surface area (Å²) in [7, 11) is 0. The van der Waals surface area contributed by atoms with E-state index >= 15 is 0 Å². The van der Waals surface area contributed by atoms with E-state index in [1.807, 2.05) is 71.0 Å². The molecule has 1 unspecified atom stereocenters. The van der Waals surface area contributed by atoms with Crippen LogP contribution in [0.2, 0.25) is 0 Å². The van der Waals surface area contributed by atoms with Gasteiger partial charge in [0.05, 0.1) is 10.6 Å². The molecule has 148 valence electrons. The second kappa shape index (κ2) is 8.89. The molecule has 1 atom stereocenters. The Hall–Kier alpha value is -2.85. The zero-order valence-corrected chi connectivity index (χ0v) is 17.7. The van der Waals surface area contributed by atoms with Crippen LogP contribution in [0.15, 0.2) is 29.1 Å². The highest BCUT2D eigenvalue weighted by Crippen LogP contribution is 2.20. The van der Waals surface area contributed by atoms with E-state index in [0.717, 1.165) is 5.69 Å². The lowest BCUT2D eigenvalue weighted by molar-refractivity contribution is -0.123. The van der Waals surface area contributed by atoms with Crippen LogP contribution in [-0.4, -0.2) is 16.5 Å². The quantitative estimate of drug-likeness (QED) is 0.810. The van der Waals surface area contributed by atoms with Crippen molar-refractivity contribution in [1.29, 1.82) is 5.26 Å². The summed E-state index contributed by atoms with van der Waals surface area (Å²) in [6, 6.07) is 9.35. The van der Waals surface area contributed by atoms with Crippen LogP contribution in [0.3, 0.4) is 0 Å². The molecule has 0 aliphatic rings. The summed E-state index contributed by atoms with van der Waals surface area (Å²) in [5, 5.41) is 15.1. The first kappa shape index (κ1) is 21.5. The summed E-state index contributed by atoms with van der Waals surface area (Å²) in [5.41, 5.74) is 0.994. The van der Waals surface area contributed by atoms with Crippen molar-refractivity contribution in [2.45, 2.75) is 47.2 Å². The van der Waals surface area contributed by atoms with Gasteiger partial charge in [-0.1, -0.05) is 26.8 Å². The minimum absolute atomic E-state index is 0.0516. The Morgan fingerprint density at radius 3 is 2.64 bits per heavy atom. The van der Waals surface area contributed by atoms with E-state index in [2.05, 4.69) is 10.6 Å². The van der Waals surface area contributed by atoms with Crippen molar-refractivity contribution in [2.24, 2.45) is 5.41 Å². The molecule has 0 radical (unpaired) electrons. The average molecular weight is 399 g/mol. The number of nitrogens with zero attached hydrogens (tertiary/aromatic N) is 2. The van der Waals surface area contributed by atoms with Crippen LogP contribution in [0, 0.1) is 16.7 Å². The molecule has 1 aromatic heterocycles. The molecular weight excluding hydrogens is 372 g/mol. The topological polar surface area (TPSA) is 86.9 Å². The molecule has 1 amide bonds. The van der Waals surface area contributed by atoms with Crippen molar-refractivity contribution in [1.82, 2.24) is 4.57 Å². The first-order chi connectivity index (χ1) is 13.2. The van der Waals surface area contributed by atoms with Gasteiger partial charge in [-0.05, 0) is 38.1 Å². The lowest BCUT2D eigenvalue weighted by atomic mass is 9.95. The number of aromatic nitrogens is 1. The van der Waals surface area contributed by atoms with Crippen molar-refractivity contribution in [3.8, 4) is 6.07 Å². The van der Waals surface area contributed by atoms with E-state index in [1.165, 1.54) is 17.4 Å². The minimum atomic E-state index is -0.471. The SMILES string of the molecule is CCn1c(=O)c(=CC(C)Nc2cccc(NC(=O)C(C)(C)C)c2)s/c1=C/C#N. The van der Waals surface area contributed by atoms with Gasteiger partial charge in [0.2, 0.25) is 5.91 Å². The average Bonchev–Trinajstić information content (AvgIpc) is 2.89. The van der Waals surface area contributed by atoms with Gasteiger partial charge >= 0.3 is 0 Å². The number of nitriles is 1. The fourth-order valence-corrected chi connectivity index (χ4v) is 3.68. The maximum atomic E-state index is 12.5. The van der Waals surface area contributed by atoms with Gasteiger partial charge in [0.1, 0.15) is 4.66 Å². The summed E-state index contributed by atoms with van der Waals surface area (Å²) in [5.74, 6) is -0.0516. The van der Waals surface area contributed by atoms with Gasteiger partial charge in [-0.2, -0.15) is 5.26 Å². The van der Waals surface area contributed by atoms with Crippen LogP contribution < -0.4 is 25.4 Å². The minimum Gasteiger partial charge on any atom is -0.379 e. The van der Waals surface area contributed by atoms with E-state index in [4.69, 9.17) is 5.26 Å². The fourth-order valence-electron chi connectivity index (χ4n) is 2.55. The van der Waals surface area contributed by atoms with E-state index in [1.54, 1.807) is 4.57 Å². The molecule has 0 fully saturated rings. The molecular formula is C21H26N4O2S. The van der Waals surface area contributed by atoms with E-state index < -0.39 is 5.41 Å². The van der Waals surface area contributed by atoms with Gasteiger partial charge in [0.15, 0.2) is 0 Å². The molecule has 0 spiro atoms. The number of benzene rings is 1. The number of hydrogen-bond acceptors (Lipinski definition) is 5. The number of nitrogens with one attached hydrogen (secondary N) is 2. The molecule has 0 aliphatic carbocycles. The van der Waals surface area contributed by atoms with Crippen LogP contribution in [0.1, 0.15) is 34.6 Å². The second-order valence-electron chi connectivity index (χ2n) is 7.51. The first-order valence-electron chi connectivity index (χ1n) is 9.15. The number of amides is 1. The van der Waals surface area contributed by atoms with Crippen LogP contribution >= 0.6 is 11.3 Å². The van der Waals surface area contributed by atoms with Crippen LogP contribution in [0.25, 0.3) is 12.2 Å². The van der Waals surface area contributed by atoms with Crippen molar-refractivity contribution >= 4 is 40.8 Å². The summed E-state index contributed by atoms with van der Waals surface area (Å²) >= 11 is 1.31. The summed E-state index contributed by atoms with van der Waals surface area (Å²) in [6.07, 6.45) is 3.25. The maximum absolute atomic E-state index is 12.5. The Bertz CT molecular complexity index is 1070. The van der Waals surface area contributed by atoms with Gasteiger partial charge in [0, 0.05) is 35.5 Å². The molecule has 2 N–H and O–H groups in total. The monoisotopic (exact) mass is 398 g/mol. The molecule has 28 heavy (non-hydrogen) atoms. The lowest BCUT2D eigenvalue weighted by Crippen LogP contribution is -2.32. The summed E-state index contributed by atoms with van der Waals surface area (Å²) in [6.45, 7) is 9.94. The summed E-state index contributed by atoms with van der Waals surface area (Å²) < 4.78 is 2.84. The maximum Gasteiger partial charge on any atom is 0.268 e. The highest BCUT2D eigenvalue weighted by Gasteiger charge is 2.21. The molecule has 0 bridgehead atoms. The molecule has 0 saturated carbocycles. The van der Waals surface area contributed by atoms with Crippen LogP contribution in [-0.2, 0) is 11.3 Å². The van der Waals surface area contributed by atoms with E-state index in [9.17, 15) is 9.59 Å². The fraction of sp³-hybridized carbons (Fsp3) is 0.381. The molecule has 7 heteroatoms. The third kappa shape index (κ3) is 5.33. The Labute approximate surface area is 168 Å². The van der Waals surface area contributed by atoms with Gasteiger partial charge in [0.25, 0.3) is 5.56 Å². The molecule has 0 saturated heterocycles. The molecule has 1 heterocycles. The first-order valence-corrected chi connectivity index (χ1v) is 9.96. The van der Waals surface area contributed by atoms with Gasteiger partial charge < -0.3 is 10.6 Å². The van der Waals surface area contributed by atoms with Gasteiger partial charge in [-0.25, -0.2) is 0 Å². The number of hydrogen-bond donors (Lipinski definition) is 2. The largest absolute Gasteiger partial charge is 0.379 e. The normalized spacial score (nSPS) is 13.9. The van der Waals surface area contributed by atoms with Crippen molar-refractivity contribution in [2.75, 3.05) is 10.6 Å². The second-order valence-corrected chi connectivity index (χ2v) is 8.57. The zero-order valence-electron chi connectivity index (χ0n) is 16.9. The summed E-state index contributed by atoms with van der Waals surface area (Å²) in [4.78, 5) is 24.7. The standard InChI is InChI=1S/C21H26N4O2S/c1-6-25-18(10-11-22)28-17(19(25)26)12-14(2)23-15-8-7-9-16(13-15)24-20(27)21(3,4)5/h7-10,12-14,23H,6H2,1-5H3,(H,24,27)/b17-12?,18-10+. The Balaban J connectivity index is 2.24. The predicted octanol–water partition coefficient (Wildman–Crippen LogP) is 2.50. The van der Waals surface area contributed by atoms with Crippen LogP contribution in [0.4, 0.5) is 11.4 Å². The van der Waals surface area contributed by atoms with Crippen molar-refractivity contribution < 1.29 is 4.79 Å². The number of anilines is 2. The van der Waals surface area contributed by atoms with E-state index in [-0.39, 0.29) is 17.5 Å².